The van der Waals surface area contributed by atoms with Gasteiger partial charge >= 0.3 is 6.18 Å². The third-order valence-electron chi connectivity index (χ3n) is 5.75. The summed E-state index contributed by atoms with van der Waals surface area (Å²) < 4.78 is 37.9. The lowest BCUT2D eigenvalue weighted by molar-refractivity contribution is -0.137. The predicted octanol–water partition coefficient (Wildman–Crippen LogP) is 6.88. The average molecular weight is 334 g/mol. The van der Waals surface area contributed by atoms with E-state index in [1.807, 2.05) is 0 Å². The Bertz CT molecular complexity index is 599. The molecule has 1 aromatic carbocycles. The highest BCUT2D eigenvalue weighted by Gasteiger charge is 2.30. The number of hydrogen-bond donors (Lipinski definition) is 0. The van der Waals surface area contributed by atoms with Gasteiger partial charge in [-0.15, -0.1) is 0 Å². The molecule has 0 N–H and O–H groups in total. The van der Waals surface area contributed by atoms with Crippen molar-refractivity contribution in [2.45, 2.75) is 51.6 Å². The lowest BCUT2D eigenvalue weighted by atomic mass is 9.73. The number of allylic oxidation sites excluding steroid dienone is 4. The summed E-state index contributed by atoms with van der Waals surface area (Å²) in [6.45, 7) is 2.28. The Morgan fingerprint density at radius 3 is 2.17 bits per heavy atom. The van der Waals surface area contributed by atoms with Gasteiger partial charge in [0.25, 0.3) is 0 Å². The molecule has 0 aliphatic heterocycles. The van der Waals surface area contributed by atoms with Crippen molar-refractivity contribution in [3.63, 3.8) is 0 Å². The van der Waals surface area contributed by atoms with Crippen LogP contribution in [0, 0.1) is 17.8 Å². The largest absolute Gasteiger partial charge is 0.416 e. The molecule has 0 amide bonds. The van der Waals surface area contributed by atoms with E-state index >= 15 is 0 Å². The van der Waals surface area contributed by atoms with Crippen LogP contribution < -0.4 is 0 Å². The summed E-state index contributed by atoms with van der Waals surface area (Å²) in [4.78, 5) is 0. The molecule has 0 aromatic heterocycles. The predicted molar refractivity (Wildman–Crippen MR) is 92.4 cm³/mol. The minimum atomic E-state index is -4.27. The molecule has 1 atom stereocenters. The van der Waals surface area contributed by atoms with Crippen LogP contribution in [-0.2, 0) is 6.18 Å². The number of hydrogen-bond acceptors (Lipinski definition) is 0. The van der Waals surface area contributed by atoms with Crippen LogP contribution in [0.25, 0.3) is 5.57 Å². The van der Waals surface area contributed by atoms with Crippen molar-refractivity contribution in [1.29, 1.82) is 0 Å². The fourth-order valence-corrected chi connectivity index (χ4v) is 4.08. The van der Waals surface area contributed by atoms with Gasteiger partial charge in [0.05, 0.1) is 5.56 Å². The minimum Gasteiger partial charge on any atom is -0.166 e. The van der Waals surface area contributed by atoms with E-state index < -0.39 is 11.7 Å². The molecule has 1 unspecified atom stereocenters. The fourth-order valence-electron chi connectivity index (χ4n) is 4.08. The van der Waals surface area contributed by atoms with E-state index in [9.17, 15) is 13.2 Å². The summed E-state index contributed by atoms with van der Waals surface area (Å²) in [5.41, 5.74) is 1.33. The summed E-state index contributed by atoms with van der Waals surface area (Å²) >= 11 is 0. The molecule has 0 heterocycles. The van der Waals surface area contributed by atoms with E-state index in [0.717, 1.165) is 29.4 Å². The molecule has 2 aliphatic carbocycles. The Balaban J connectivity index is 1.61. The smallest absolute Gasteiger partial charge is 0.166 e. The van der Waals surface area contributed by atoms with Gasteiger partial charge in [-0.05, 0) is 60.3 Å². The molecule has 1 saturated carbocycles. The van der Waals surface area contributed by atoms with Crippen molar-refractivity contribution < 1.29 is 13.2 Å². The summed E-state index contributed by atoms with van der Waals surface area (Å²) in [7, 11) is 0. The van der Waals surface area contributed by atoms with Gasteiger partial charge < -0.3 is 0 Å². The molecule has 0 radical (unpaired) electrons. The summed E-state index contributed by atoms with van der Waals surface area (Å²) in [5.74, 6) is 2.28. The Morgan fingerprint density at radius 2 is 1.67 bits per heavy atom. The third-order valence-corrected chi connectivity index (χ3v) is 5.75. The molecular formula is C21H25F3. The molecular weight excluding hydrogens is 309 g/mol. The van der Waals surface area contributed by atoms with Gasteiger partial charge in [0.1, 0.15) is 0 Å². The van der Waals surface area contributed by atoms with Gasteiger partial charge in [0.15, 0.2) is 0 Å². The molecule has 0 nitrogen and oxygen atoms in total. The normalized spacial score (nSPS) is 27.8. The van der Waals surface area contributed by atoms with E-state index in [0.29, 0.717) is 5.92 Å². The molecule has 0 bridgehead atoms. The second-order valence-corrected chi connectivity index (χ2v) is 7.18. The quantitative estimate of drug-likeness (QED) is 0.565. The SMILES string of the molecule is CCC1CCC(C2C=CC(c3ccc(C(F)(F)F)cc3)=CC2)CC1. The highest BCUT2D eigenvalue weighted by Crippen LogP contribution is 2.39. The molecule has 130 valence electrons. The maximum atomic E-state index is 12.6. The van der Waals surface area contributed by atoms with Crippen LogP contribution in [0.2, 0.25) is 0 Å². The van der Waals surface area contributed by atoms with E-state index in [-0.39, 0.29) is 0 Å². The van der Waals surface area contributed by atoms with E-state index in [1.165, 1.54) is 44.2 Å². The molecule has 24 heavy (non-hydrogen) atoms. The molecule has 3 rings (SSSR count). The molecule has 1 aromatic rings. The van der Waals surface area contributed by atoms with Crippen molar-refractivity contribution in [2.24, 2.45) is 17.8 Å². The van der Waals surface area contributed by atoms with Crippen molar-refractivity contribution in [3.05, 3.63) is 53.6 Å². The zero-order chi connectivity index (χ0) is 17.2. The Kier molecular flexibility index (Phi) is 5.17. The Morgan fingerprint density at radius 1 is 1.00 bits per heavy atom. The Labute approximate surface area is 142 Å². The molecule has 1 fully saturated rings. The monoisotopic (exact) mass is 334 g/mol. The van der Waals surface area contributed by atoms with Crippen LogP contribution >= 0.6 is 0 Å². The second kappa shape index (κ2) is 7.16. The van der Waals surface area contributed by atoms with Crippen LogP contribution in [0.5, 0.6) is 0 Å². The first-order valence-electron chi connectivity index (χ1n) is 9.03. The van der Waals surface area contributed by atoms with Crippen molar-refractivity contribution in [3.8, 4) is 0 Å². The maximum Gasteiger partial charge on any atom is 0.416 e. The van der Waals surface area contributed by atoms with Crippen LogP contribution in [-0.4, -0.2) is 0 Å². The topological polar surface area (TPSA) is 0 Å². The first-order valence-corrected chi connectivity index (χ1v) is 9.03. The summed E-state index contributed by atoms with van der Waals surface area (Å²) in [6, 6.07) is 5.49. The van der Waals surface area contributed by atoms with E-state index in [2.05, 4.69) is 25.2 Å². The van der Waals surface area contributed by atoms with Gasteiger partial charge in [-0.1, -0.05) is 56.5 Å². The first-order chi connectivity index (χ1) is 11.5. The van der Waals surface area contributed by atoms with Crippen LogP contribution in [0.3, 0.4) is 0 Å². The fraction of sp³-hybridized carbons (Fsp3) is 0.524. The van der Waals surface area contributed by atoms with Crippen molar-refractivity contribution >= 4 is 5.57 Å². The molecule has 0 spiro atoms. The minimum absolute atomic E-state index is 0.586. The number of rotatable bonds is 3. The highest BCUT2D eigenvalue weighted by molar-refractivity contribution is 5.75. The molecule has 0 saturated heterocycles. The Hall–Kier alpha value is -1.51. The van der Waals surface area contributed by atoms with E-state index in [1.54, 1.807) is 12.1 Å². The summed E-state index contributed by atoms with van der Waals surface area (Å²) in [5, 5.41) is 0. The lowest BCUT2D eigenvalue weighted by Gasteiger charge is -2.33. The molecule has 3 heteroatoms. The van der Waals surface area contributed by atoms with E-state index in [4.69, 9.17) is 0 Å². The zero-order valence-electron chi connectivity index (χ0n) is 14.2. The molecule has 2 aliphatic rings. The lowest BCUT2D eigenvalue weighted by Crippen LogP contribution is -2.21. The van der Waals surface area contributed by atoms with Crippen molar-refractivity contribution in [1.82, 2.24) is 0 Å². The van der Waals surface area contributed by atoms with Crippen LogP contribution in [0.1, 0.15) is 56.6 Å². The second-order valence-electron chi connectivity index (χ2n) is 7.18. The maximum absolute atomic E-state index is 12.6. The van der Waals surface area contributed by atoms with Gasteiger partial charge in [0.2, 0.25) is 0 Å². The van der Waals surface area contributed by atoms with Crippen molar-refractivity contribution in [2.75, 3.05) is 0 Å². The number of alkyl halides is 3. The summed E-state index contributed by atoms with van der Waals surface area (Å²) in [6.07, 6.45) is 9.94. The van der Waals surface area contributed by atoms with Crippen LogP contribution in [0.4, 0.5) is 13.2 Å². The first kappa shape index (κ1) is 17.3. The van der Waals surface area contributed by atoms with Gasteiger partial charge in [0, 0.05) is 0 Å². The van der Waals surface area contributed by atoms with Gasteiger partial charge in [-0.3, -0.25) is 0 Å². The highest BCUT2D eigenvalue weighted by atomic mass is 19.4. The van der Waals surface area contributed by atoms with Gasteiger partial charge in [-0.2, -0.15) is 13.2 Å². The zero-order valence-corrected chi connectivity index (χ0v) is 14.2. The van der Waals surface area contributed by atoms with Gasteiger partial charge in [-0.25, -0.2) is 0 Å². The third kappa shape index (κ3) is 3.93. The van der Waals surface area contributed by atoms with Crippen LogP contribution in [0.15, 0.2) is 42.5 Å². The average Bonchev–Trinajstić information content (AvgIpc) is 2.61. The number of halogens is 3. The number of benzene rings is 1. The standard InChI is InChI=1S/C21H25F3/c1-2-15-3-5-16(6-4-15)17-7-9-18(10-8-17)19-11-13-20(14-12-19)21(22,23)24/h7,9-17H,2-6,8H2,1H3.